The second-order valence-electron chi connectivity index (χ2n) is 3.45. The van der Waals surface area contributed by atoms with Crippen molar-refractivity contribution < 1.29 is 9.59 Å². The molecule has 1 N–H and O–H groups in total. The predicted octanol–water partition coefficient (Wildman–Crippen LogP) is 1.22. The molecule has 2 amide bonds. The summed E-state index contributed by atoms with van der Waals surface area (Å²) in [5, 5.41) is 0. The minimum Gasteiger partial charge on any atom is -0.346 e. The Hall–Kier alpha value is -1.06. The van der Waals surface area contributed by atoms with Crippen LogP contribution in [0.3, 0.4) is 0 Å². The number of rotatable bonds is 7. The van der Waals surface area contributed by atoms with Crippen molar-refractivity contribution in [2.75, 3.05) is 13.6 Å². The van der Waals surface area contributed by atoms with Gasteiger partial charge < -0.3 is 4.90 Å². The van der Waals surface area contributed by atoms with Crippen molar-refractivity contribution in [3.63, 3.8) is 0 Å². The highest BCUT2D eigenvalue weighted by Gasteiger charge is 2.07. The summed E-state index contributed by atoms with van der Waals surface area (Å²) in [5.74, 6) is -0.427. The van der Waals surface area contributed by atoms with Crippen LogP contribution >= 0.6 is 0 Å². The van der Waals surface area contributed by atoms with Crippen LogP contribution in [0.15, 0.2) is 0 Å². The molecule has 0 aliphatic carbocycles. The van der Waals surface area contributed by atoms with Crippen molar-refractivity contribution in [1.29, 1.82) is 0 Å². The van der Waals surface area contributed by atoms with Gasteiger partial charge in [-0.2, -0.15) is 0 Å². The summed E-state index contributed by atoms with van der Waals surface area (Å²) in [6.07, 6.45) is 3.36. The Morgan fingerprint density at radius 3 is 2.36 bits per heavy atom. The van der Waals surface area contributed by atoms with Crippen molar-refractivity contribution in [3.8, 4) is 0 Å². The lowest BCUT2D eigenvalue weighted by molar-refractivity contribution is -0.130. The lowest BCUT2D eigenvalue weighted by Gasteiger charge is -2.16. The maximum absolute atomic E-state index is 11.4. The van der Waals surface area contributed by atoms with Gasteiger partial charge in [0.1, 0.15) is 0 Å². The maximum Gasteiger partial charge on any atom is 0.238 e. The van der Waals surface area contributed by atoms with Crippen LogP contribution in [0.5, 0.6) is 0 Å². The van der Waals surface area contributed by atoms with Gasteiger partial charge in [0.05, 0.1) is 0 Å². The van der Waals surface area contributed by atoms with E-state index < -0.39 is 5.91 Å². The van der Waals surface area contributed by atoms with E-state index in [1.807, 2.05) is 6.92 Å². The van der Waals surface area contributed by atoms with Gasteiger partial charge in [0.2, 0.25) is 11.8 Å². The van der Waals surface area contributed by atoms with E-state index in [0.29, 0.717) is 19.4 Å². The third kappa shape index (κ3) is 6.46. The van der Waals surface area contributed by atoms with E-state index in [9.17, 15) is 9.59 Å². The summed E-state index contributed by atoms with van der Waals surface area (Å²) >= 11 is 0. The first-order chi connectivity index (χ1) is 6.57. The van der Waals surface area contributed by atoms with E-state index in [2.05, 4.69) is 0 Å². The fourth-order valence-electron chi connectivity index (χ4n) is 1.12. The van der Waals surface area contributed by atoms with E-state index >= 15 is 0 Å². The average Bonchev–Trinajstić information content (AvgIpc) is 2.13. The minimum atomic E-state index is -0.556. The molecule has 0 aliphatic heterocycles. The van der Waals surface area contributed by atoms with Crippen LogP contribution in [0.2, 0.25) is 0 Å². The topological polar surface area (TPSA) is 61.2 Å². The van der Waals surface area contributed by atoms with Gasteiger partial charge in [-0.05, 0) is 12.8 Å². The molecule has 0 saturated carbocycles. The molecule has 14 heavy (non-hydrogen) atoms. The first-order valence-corrected chi connectivity index (χ1v) is 5.06. The molecule has 0 aromatic heterocycles. The maximum atomic E-state index is 11.4. The van der Waals surface area contributed by atoms with Gasteiger partial charge >= 0.3 is 0 Å². The summed E-state index contributed by atoms with van der Waals surface area (Å²) in [6, 6.07) is 0. The van der Waals surface area contributed by atoms with Gasteiger partial charge in [-0.15, -0.1) is 0 Å². The second-order valence-corrected chi connectivity index (χ2v) is 3.45. The summed E-state index contributed by atoms with van der Waals surface area (Å²) < 4.78 is 0. The first-order valence-electron chi connectivity index (χ1n) is 5.06. The van der Waals surface area contributed by atoms with Crippen molar-refractivity contribution in [2.24, 2.45) is 0 Å². The Kier molecular flexibility index (Phi) is 6.80. The minimum absolute atomic E-state index is 0.129. The monoisotopic (exact) mass is 199 g/mol. The zero-order valence-electron chi connectivity index (χ0n) is 9.01. The predicted molar refractivity (Wildman–Crippen MR) is 54.5 cm³/mol. The Bertz CT molecular complexity index is 193. The van der Waals surface area contributed by atoms with Crippen molar-refractivity contribution >= 4 is 11.8 Å². The zero-order chi connectivity index (χ0) is 11.0. The fourth-order valence-corrected chi connectivity index (χ4v) is 1.12. The normalized spacial score (nSPS) is 9.86. The summed E-state index contributed by atoms with van der Waals surface area (Å²) in [6.45, 7) is 2.62. The van der Waals surface area contributed by atoms with Gasteiger partial charge in [-0.1, -0.05) is 13.3 Å². The molecule has 4 heteroatoms. The molecule has 0 atom stereocenters. The number of nitrogens with zero attached hydrogens (tertiary/aromatic N) is 1. The zero-order valence-corrected chi connectivity index (χ0v) is 9.01. The summed E-state index contributed by atoms with van der Waals surface area (Å²) in [4.78, 5) is 23.3. The lowest BCUT2D eigenvalue weighted by atomic mass is 10.2. The van der Waals surface area contributed by atoms with Crippen molar-refractivity contribution in [3.05, 3.63) is 0 Å². The molecule has 0 saturated heterocycles. The molecule has 0 aliphatic rings. The molecular weight excluding hydrogens is 180 g/mol. The van der Waals surface area contributed by atoms with Gasteiger partial charge in [0.25, 0.3) is 0 Å². The Morgan fingerprint density at radius 2 is 1.86 bits per heavy atom. The number of hydrogen-bond donors (Lipinski definition) is 0. The van der Waals surface area contributed by atoms with E-state index in [1.54, 1.807) is 11.9 Å². The second kappa shape index (κ2) is 7.35. The highest BCUT2D eigenvalue weighted by atomic mass is 16.2. The van der Waals surface area contributed by atoms with Gasteiger partial charge in [-0.25, -0.2) is 0 Å². The van der Waals surface area contributed by atoms with Crippen LogP contribution < -0.4 is 5.73 Å². The van der Waals surface area contributed by atoms with Crippen molar-refractivity contribution in [1.82, 2.24) is 10.6 Å². The number of carbonyl (C=O) groups is 2. The fraction of sp³-hybridized carbons (Fsp3) is 0.800. The molecule has 1 radical (unpaired) electrons. The molecule has 0 bridgehead atoms. The van der Waals surface area contributed by atoms with E-state index in [1.165, 1.54) is 0 Å². The van der Waals surface area contributed by atoms with E-state index in [-0.39, 0.29) is 12.3 Å². The molecule has 81 valence electrons. The smallest absolute Gasteiger partial charge is 0.238 e. The van der Waals surface area contributed by atoms with Gasteiger partial charge in [-0.3, -0.25) is 15.3 Å². The third-order valence-corrected chi connectivity index (χ3v) is 2.07. The quantitative estimate of drug-likeness (QED) is 0.619. The van der Waals surface area contributed by atoms with Crippen LogP contribution in [0, 0.1) is 0 Å². The highest BCUT2D eigenvalue weighted by Crippen LogP contribution is 2.00. The van der Waals surface area contributed by atoms with E-state index in [0.717, 1.165) is 12.8 Å². The number of nitrogens with one attached hydrogen (secondary N) is 1. The number of hydrogen-bond acceptors (Lipinski definition) is 2. The molecule has 0 aromatic carbocycles. The van der Waals surface area contributed by atoms with Crippen LogP contribution in [-0.4, -0.2) is 30.3 Å². The molecule has 0 fully saturated rings. The Labute approximate surface area is 85.4 Å². The first kappa shape index (κ1) is 12.9. The van der Waals surface area contributed by atoms with Crippen LogP contribution in [0.1, 0.15) is 39.0 Å². The standard InChI is InChI=1S/C10H19N2O2/c1-3-4-7-10(14)12(2)8-5-6-9(11)13/h11H,3-8H2,1-2H3. The number of carbonyl (C=O) groups excluding carboxylic acids is 2. The van der Waals surface area contributed by atoms with Gasteiger partial charge in [0, 0.05) is 26.4 Å². The molecule has 0 unspecified atom stereocenters. The molecule has 0 heterocycles. The SMILES string of the molecule is CCCCC(=O)N(C)CCCC([NH])=O. The van der Waals surface area contributed by atoms with Gasteiger partial charge in [0.15, 0.2) is 0 Å². The van der Waals surface area contributed by atoms with Crippen LogP contribution in [0.25, 0.3) is 0 Å². The molecule has 0 spiro atoms. The van der Waals surface area contributed by atoms with Crippen LogP contribution in [-0.2, 0) is 9.59 Å². The average molecular weight is 199 g/mol. The van der Waals surface area contributed by atoms with Crippen molar-refractivity contribution in [2.45, 2.75) is 39.0 Å². The lowest BCUT2D eigenvalue weighted by Crippen LogP contribution is -2.27. The number of amides is 2. The third-order valence-electron chi connectivity index (χ3n) is 2.07. The largest absolute Gasteiger partial charge is 0.346 e. The molecule has 0 rings (SSSR count). The Balaban J connectivity index is 3.56. The Morgan fingerprint density at radius 1 is 1.21 bits per heavy atom. The number of unbranched alkanes of at least 4 members (excludes halogenated alkanes) is 1. The molecular formula is C10H19N2O2. The summed E-state index contributed by atoms with van der Waals surface area (Å²) in [5.41, 5.74) is 6.70. The summed E-state index contributed by atoms with van der Waals surface area (Å²) in [7, 11) is 1.74. The van der Waals surface area contributed by atoms with Crippen LogP contribution in [0.4, 0.5) is 0 Å². The van der Waals surface area contributed by atoms with E-state index in [4.69, 9.17) is 5.73 Å². The highest BCUT2D eigenvalue weighted by molar-refractivity contribution is 5.76. The molecule has 0 aromatic rings. The molecule has 4 nitrogen and oxygen atoms in total.